The maximum Gasteiger partial charge on any atom is -0.0326 e. The predicted molar refractivity (Wildman–Crippen MR) is 81.2 cm³/mol. The van der Waals surface area contributed by atoms with E-state index in [0.717, 1.165) is 0 Å². The molecule has 0 unspecified atom stereocenters. The first kappa shape index (κ1) is 18.3. The molecular weight excluding hydrogens is 267 g/mol. The Morgan fingerprint density at radius 2 is 1.00 bits per heavy atom. The minimum Gasteiger partial charge on any atom is -0.114 e. The van der Waals surface area contributed by atoms with Crippen molar-refractivity contribution in [2.24, 2.45) is 0 Å². The summed E-state index contributed by atoms with van der Waals surface area (Å²) in [5.41, 5.74) is 0. The van der Waals surface area contributed by atoms with Crippen LogP contribution >= 0.6 is 24.9 Å². The van der Waals surface area contributed by atoms with Crippen LogP contribution in [0.2, 0.25) is 0 Å². The van der Waals surface area contributed by atoms with Crippen LogP contribution in [-0.4, -0.2) is 18.5 Å². The zero-order chi connectivity index (χ0) is 10.6. The van der Waals surface area contributed by atoms with Crippen LogP contribution in [0.15, 0.2) is 0 Å². The van der Waals surface area contributed by atoms with Gasteiger partial charge in [0.1, 0.15) is 0 Å². The van der Waals surface area contributed by atoms with Crippen LogP contribution in [-0.2, 0) is 0 Å². The van der Waals surface area contributed by atoms with Crippen LogP contribution in [0.4, 0.5) is 0 Å². The Hall–Kier alpha value is 0.910. The Kier molecular flexibility index (Phi) is 18.2. The number of hydrogen-bond acceptors (Lipinski definition) is 0. The Morgan fingerprint density at radius 1 is 0.600 bits per heavy atom. The third-order valence-electron chi connectivity index (χ3n) is 2.73. The lowest BCUT2D eigenvalue weighted by Crippen LogP contribution is -1.95. The van der Waals surface area contributed by atoms with E-state index in [0.29, 0.717) is 7.92 Å². The molecule has 0 aromatic rings. The molecule has 0 atom stereocenters. The number of unbranched alkanes of at least 4 members (excludes halogenated alkanes) is 4. The maximum atomic E-state index is 2.32. The van der Waals surface area contributed by atoms with Gasteiger partial charge in [0.25, 0.3) is 0 Å². The summed E-state index contributed by atoms with van der Waals surface area (Å²) >= 11 is 0. The summed E-state index contributed by atoms with van der Waals surface area (Å²) in [6, 6.07) is 0. The average Bonchev–Trinajstić information content (AvgIpc) is 2.21. The van der Waals surface area contributed by atoms with Crippen LogP contribution < -0.4 is 0 Å². The van der Waals surface area contributed by atoms with Gasteiger partial charge < -0.3 is 0 Å². The molecule has 15 heavy (non-hydrogen) atoms. The van der Waals surface area contributed by atoms with Crippen molar-refractivity contribution < 1.29 is 0 Å². The van der Waals surface area contributed by atoms with Crippen molar-refractivity contribution in [1.82, 2.24) is 0 Å². The molecule has 94 valence electrons. The first-order valence-corrected chi connectivity index (χ1v) is 8.47. The lowest BCUT2D eigenvalue weighted by molar-refractivity contribution is 0.770. The standard InChI is InChI=1S/C13H29P.BrH/c1-4-7-10-13-14(11-8-5-2)12-9-6-3;/h4-13H2,1-3H3;1H. The second-order valence-electron chi connectivity index (χ2n) is 4.26. The van der Waals surface area contributed by atoms with Crippen molar-refractivity contribution in [1.29, 1.82) is 0 Å². The van der Waals surface area contributed by atoms with Gasteiger partial charge in [-0.15, -0.1) is 24.9 Å². The Balaban J connectivity index is 0. The van der Waals surface area contributed by atoms with Crippen molar-refractivity contribution in [3.8, 4) is 0 Å². The molecule has 0 nitrogen and oxygen atoms in total. The highest BCUT2D eigenvalue weighted by molar-refractivity contribution is 8.93. The first-order valence-electron chi connectivity index (χ1n) is 6.57. The van der Waals surface area contributed by atoms with E-state index in [2.05, 4.69) is 20.8 Å². The fraction of sp³-hybridized carbons (Fsp3) is 1.00. The second-order valence-corrected chi connectivity index (χ2v) is 6.94. The van der Waals surface area contributed by atoms with Gasteiger partial charge in [0, 0.05) is 0 Å². The summed E-state index contributed by atoms with van der Waals surface area (Å²) in [5.74, 6) is 0. The van der Waals surface area contributed by atoms with E-state index < -0.39 is 0 Å². The average molecular weight is 297 g/mol. The monoisotopic (exact) mass is 296 g/mol. The molecule has 0 saturated carbocycles. The van der Waals surface area contributed by atoms with Gasteiger partial charge in [-0.3, -0.25) is 0 Å². The predicted octanol–water partition coefficient (Wildman–Crippen LogP) is 5.84. The molecule has 0 fully saturated rings. The summed E-state index contributed by atoms with van der Waals surface area (Å²) in [7, 11) is 0.416. The van der Waals surface area contributed by atoms with Crippen LogP contribution in [0.3, 0.4) is 0 Å². The summed E-state index contributed by atoms with van der Waals surface area (Å²) < 4.78 is 0. The van der Waals surface area contributed by atoms with Crippen molar-refractivity contribution in [3.63, 3.8) is 0 Å². The lowest BCUT2D eigenvalue weighted by Gasteiger charge is -2.16. The van der Waals surface area contributed by atoms with Crippen LogP contribution in [0.1, 0.15) is 65.7 Å². The van der Waals surface area contributed by atoms with Gasteiger partial charge in [-0.2, -0.15) is 0 Å². The highest BCUT2D eigenvalue weighted by Crippen LogP contribution is 2.38. The van der Waals surface area contributed by atoms with E-state index in [1.54, 1.807) is 18.5 Å². The molecule has 2 heteroatoms. The normalized spacial score (nSPS) is 10.4. The zero-order valence-corrected chi connectivity index (χ0v) is 13.5. The largest absolute Gasteiger partial charge is 0.114 e. The third kappa shape index (κ3) is 12.8. The molecule has 0 rings (SSSR count). The molecule has 0 amide bonds. The summed E-state index contributed by atoms with van der Waals surface area (Å²) in [4.78, 5) is 0. The van der Waals surface area contributed by atoms with Crippen molar-refractivity contribution >= 4 is 24.9 Å². The number of rotatable bonds is 10. The van der Waals surface area contributed by atoms with Crippen LogP contribution in [0.5, 0.6) is 0 Å². The highest BCUT2D eigenvalue weighted by Gasteiger charge is 2.05. The summed E-state index contributed by atoms with van der Waals surface area (Å²) in [5, 5.41) is 0. The molecule has 0 spiro atoms. The van der Waals surface area contributed by atoms with Crippen LogP contribution in [0, 0.1) is 0 Å². The van der Waals surface area contributed by atoms with Gasteiger partial charge in [-0.05, 0) is 37.7 Å². The SMILES string of the molecule is Br.CCCCCP(CCCC)CCCC. The number of halogens is 1. The van der Waals surface area contributed by atoms with E-state index in [1.165, 1.54) is 44.9 Å². The van der Waals surface area contributed by atoms with Gasteiger partial charge in [0.05, 0.1) is 0 Å². The maximum absolute atomic E-state index is 2.32. The van der Waals surface area contributed by atoms with E-state index in [9.17, 15) is 0 Å². The van der Waals surface area contributed by atoms with E-state index in [4.69, 9.17) is 0 Å². The lowest BCUT2D eigenvalue weighted by atomic mass is 10.3. The van der Waals surface area contributed by atoms with Gasteiger partial charge in [-0.1, -0.05) is 46.5 Å². The van der Waals surface area contributed by atoms with Crippen molar-refractivity contribution in [3.05, 3.63) is 0 Å². The minimum atomic E-state index is 0. The van der Waals surface area contributed by atoms with Crippen LogP contribution in [0.25, 0.3) is 0 Å². The van der Waals surface area contributed by atoms with E-state index in [1.807, 2.05) is 0 Å². The fourth-order valence-corrected chi connectivity index (χ4v) is 4.55. The van der Waals surface area contributed by atoms with Gasteiger partial charge in [0.15, 0.2) is 0 Å². The summed E-state index contributed by atoms with van der Waals surface area (Å²) in [6.07, 6.45) is 14.7. The molecule has 0 saturated heterocycles. The summed E-state index contributed by atoms with van der Waals surface area (Å²) in [6.45, 7) is 6.94. The smallest absolute Gasteiger partial charge is 0.0326 e. The van der Waals surface area contributed by atoms with Gasteiger partial charge in [0.2, 0.25) is 0 Å². The minimum absolute atomic E-state index is 0. The molecule has 0 heterocycles. The fourth-order valence-electron chi connectivity index (χ4n) is 1.68. The zero-order valence-electron chi connectivity index (χ0n) is 10.9. The molecule has 0 N–H and O–H groups in total. The van der Waals surface area contributed by atoms with E-state index >= 15 is 0 Å². The Morgan fingerprint density at radius 3 is 1.40 bits per heavy atom. The van der Waals surface area contributed by atoms with Crippen molar-refractivity contribution in [2.45, 2.75) is 65.7 Å². The molecule has 0 aromatic carbocycles. The quantitative estimate of drug-likeness (QED) is 0.351. The highest BCUT2D eigenvalue weighted by atomic mass is 79.9. The topological polar surface area (TPSA) is 0 Å². The molecule has 0 radical (unpaired) electrons. The van der Waals surface area contributed by atoms with Gasteiger partial charge >= 0.3 is 0 Å². The van der Waals surface area contributed by atoms with E-state index in [-0.39, 0.29) is 17.0 Å². The Labute approximate surface area is 109 Å². The molecule has 0 bridgehead atoms. The second kappa shape index (κ2) is 14.9. The van der Waals surface area contributed by atoms with Crippen molar-refractivity contribution in [2.75, 3.05) is 18.5 Å². The molecule has 0 aliphatic heterocycles. The Bertz CT molecular complexity index is 98.7. The number of hydrogen-bond donors (Lipinski definition) is 0. The molecule has 0 aliphatic rings. The van der Waals surface area contributed by atoms with Gasteiger partial charge in [-0.25, -0.2) is 0 Å². The molecule has 0 aliphatic carbocycles. The third-order valence-corrected chi connectivity index (χ3v) is 5.58. The molecular formula is C13H30BrP. The molecule has 0 aromatic heterocycles. The first-order chi connectivity index (χ1) is 6.85.